The van der Waals surface area contributed by atoms with Crippen molar-refractivity contribution >= 4 is 26.8 Å². The third kappa shape index (κ3) is 1.59. The molecule has 2 heteroatoms. The van der Waals surface area contributed by atoms with Crippen molar-refractivity contribution < 1.29 is 0 Å². The standard InChI is InChI=1S/C12H14BrN/c1-2-11-9-10-5-3-4-6-12(10)14(11)8-7-13/h3-6,9H,2,7-8H2,1H3. The number of fused-ring (bicyclic) bond motifs is 1. The molecule has 2 rings (SSSR count). The summed E-state index contributed by atoms with van der Waals surface area (Å²) in [6, 6.07) is 10.9. The summed E-state index contributed by atoms with van der Waals surface area (Å²) in [4.78, 5) is 0. The van der Waals surface area contributed by atoms with Crippen LogP contribution < -0.4 is 0 Å². The van der Waals surface area contributed by atoms with E-state index in [9.17, 15) is 0 Å². The van der Waals surface area contributed by atoms with Gasteiger partial charge in [0.2, 0.25) is 0 Å². The predicted octanol–water partition coefficient (Wildman–Crippen LogP) is 3.60. The molecule has 0 aliphatic heterocycles. The minimum Gasteiger partial charge on any atom is -0.344 e. The number of aromatic nitrogens is 1. The summed E-state index contributed by atoms with van der Waals surface area (Å²) < 4.78 is 2.39. The second-order valence-corrected chi connectivity index (χ2v) is 4.18. The van der Waals surface area contributed by atoms with E-state index in [1.807, 2.05) is 0 Å². The zero-order chi connectivity index (χ0) is 9.97. The highest BCUT2D eigenvalue weighted by Crippen LogP contribution is 2.20. The molecule has 74 valence electrons. The van der Waals surface area contributed by atoms with Crippen molar-refractivity contribution in [1.29, 1.82) is 0 Å². The molecule has 1 heterocycles. The van der Waals surface area contributed by atoms with Gasteiger partial charge in [-0.2, -0.15) is 0 Å². The summed E-state index contributed by atoms with van der Waals surface area (Å²) in [6.07, 6.45) is 1.10. The van der Waals surface area contributed by atoms with Gasteiger partial charge < -0.3 is 4.57 Å². The topological polar surface area (TPSA) is 4.93 Å². The van der Waals surface area contributed by atoms with Crippen molar-refractivity contribution in [3.8, 4) is 0 Å². The molecular weight excluding hydrogens is 238 g/mol. The Kier molecular flexibility index (Phi) is 2.92. The SMILES string of the molecule is CCc1cc2ccccc2n1CCBr. The number of aryl methyl sites for hydroxylation is 2. The summed E-state index contributed by atoms with van der Waals surface area (Å²) in [7, 11) is 0. The van der Waals surface area contributed by atoms with E-state index in [0.29, 0.717) is 0 Å². The van der Waals surface area contributed by atoms with Crippen LogP contribution >= 0.6 is 15.9 Å². The predicted molar refractivity (Wildman–Crippen MR) is 65.1 cm³/mol. The third-order valence-corrected chi connectivity index (χ3v) is 2.92. The minimum absolute atomic E-state index is 1.01. The van der Waals surface area contributed by atoms with Gasteiger partial charge in [0, 0.05) is 23.1 Å². The lowest BCUT2D eigenvalue weighted by Crippen LogP contribution is -2.02. The van der Waals surface area contributed by atoms with Gasteiger partial charge in [-0.05, 0) is 23.9 Å². The highest BCUT2D eigenvalue weighted by molar-refractivity contribution is 9.09. The Morgan fingerprint density at radius 2 is 2.07 bits per heavy atom. The van der Waals surface area contributed by atoms with E-state index in [1.54, 1.807) is 0 Å². The molecule has 0 amide bonds. The lowest BCUT2D eigenvalue weighted by molar-refractivity contribution is 0.757. The maximum atomic E-state index is 3.50. The quantitative estimate of drug-likeness (QED) is 0.735. The van der Waals surface area contributed by atoms with Crippen molar-refractivity contribution in [3.05, 3.63) is 36.0 Å². The fraction of sp³-hybridized carbons (Fsp3) is 0.333. The molecule has 0 unspecified atom stereocenters. The first-order chi connectivity index (χ1) is 6.86. The van der Waals surface area contributed by atoms with Crippen LogP contribution in [0.1, 0.15) is 12.6 Å². The molecule has 0 saturated heterocycles. The summed E-state index contributed by atoms with van der Waals surface area (Å²) in [5.41, 5.74) is 2.77. The highest BCUT2D eigenvalue weighted by Gasteiger charge is 2.05. The van der Waals surface area contributed by atoms with Crippen LogP contribution in [0.4, 0.5) is 0 Å². The number of hydrogen-bond donors (Lipinski definition) is 0. The lowest BCUT2D eigenvalue weighted by atomic mass is 10.2. The normalized spacial score (nSPS) is 11.0. The van der Waals surface area contributed by atoms with E-state index >= 15 is 0 Å². The van der Waals surface area contributed by atoms with Gasteiger partial charge in [-0.1, -0.05) is 41.1 Å². The van der Waals surface area contributed by atoms with E-state index in [4.69, 9.17) is 0 Å². The highest BCUT2D eigenvalue weighted by atomic mass is 79.9. The number of alkyl halides is 1. The Balaban J connectivity index is 2.61. The maximum absolute atomic E-state index is 3.50. The molecule has 0 fully saturated rings. The maximum Gasteiger partial charge on any atom is 0.0482 e. The summed E-state index contributed by atoms with van der Waals surface area (Å²) in [5, 5.41) is 2.36. The van der Waals surface area contributed by atoms with Crippen LogP contribution in [0, 0.1) is 0 Å². The van der Waals surface area contributed by atoms with Crippen LogP contribution in [0.3, 0.4) is 0 Å². The fourth-order valence-electron chi connectivity index (χ4n) is 1.91. The largest absolute Gasteiger partial charge is 0.344 e. The van der Waals surface area contributed by atoms with Crippen LogP contribution in [0.2, 0.25) is 0 Å². The number of benzene rings is 1. The molecule has 1 aromatic carbocycles. The number of rotatable bonds is 3. The second kappa shape index (κ2) is 4.18. The van der Waals surface area contributed by atoms with Crippen LogP contribution in [-0.2, 0) is 13.0 Å². The van der Waals surface area contributed by atoms with Crippen LogP contribution in [0.25, 0.3) is 10.9 Å². The summed E-state index contributed by atoms with van der Waals surface area (Å²) >= 11 is 3.50. The van der Waals surface area contributed by atoms with Crippen molar-refractivity contribution in [2.24, 2.45) is 0 Å². The van der Waals surface area contributed by atoms with Crippen molar-refractivity contribution in [2.75, 3.05) is 5.33 Å². The van der Waals surface area contributed by atoms with Gasteiger partial charge in [-0.25, -0.2) is 0 Å². The average molecular weight is 252 g/mol. The number of para-hydroxylation sites is 1. The van der Waals surface area contributed by atoms with Crippen LogP contribution in [0.5, 0.6) is 0 Å². The van der Waals surface area contributed by atoms with Gasteiger partial charge in [0.05, 0.1) is 0 Å². The van der Waals surface area contributed by atoms with E-state index in [1.165, 1.54) is 16.6 Å². The molecule has 1 nitrogen and oxygen atoms in total. The molecule has 0 spiro atoms. The molecule has 14 heavy (non-hydrogen) atoms. The second-order valence-electron chi connectivity index (χ2n) is 3.39. The monoisotopic (exact) mass is 251 g/mol. The molecule has 0 radical (unpaired) electrons. The van der Waals surface area contributed by atoms with Gasteiger partial charge in [0.1, 0.15) is 0 Å². The zero-order valence-corrected chi connectivity index (χ0v) is 9.92. The third-order valence-electron chi connectivity index (χ3n) is 2.57. The number of nitrogens with zero attached hydrogens (tertiary/aromatic N) is 1. The Bertz CT molecular complexity index is 431. The number of halogens is 1. The number of hydrogen-bond acceptors (Lipinski definition) is 0. The molecule has 2 aromatic rings. The van der Waals surface area contributed by atoms with E-state index in [0.717, 1.165) is 18.3 Å². The van der Waals surface area contributed by atoms with E-state index in [-0.39, 0.29) is 0 Å². The van der Waals surface area contributed by atoms with Crippen LogP contribution in [-0.4, -0.2) is 9.90 Å². The first kappa shape index (κ1) is 9.78. The molecule has 0 bridgehead atoms. The van der Waals surface area contributed by atoms with Crippen LogP contribution in [0.15, 0.2) is 30.3 Å². The Hall–Kier alpha value is -0.760. The van der Waals surface area contributed by atoms with Crippen molar-refractivity contribution in [3.63, 3.8) is 0 Å². The van der Waals surface area contributed by atoms with Gasteiger partial charge in [0.15, 0.2) is 0 Å². The molecular formula is C12H14BrN. The van der Waals surface area contributed by atoms with Gasteiger partial charge in [-0.3, -0.25) is 0 Å². The zero-order valence-electron chi connectivity index (χ0n) is 8.33. The average Bonchev–Trinajstić information content (AvgIpc) is 2.58. The van der Waals surface area contributed by atoms with E-state index < -0.39 is 0 Å². The molecule has 0 aliphatic carbocycles. The van der Waals surface area contributed by atoms with Crippen molar-refractivity contribution in [1.82, 2.24) is 4.57 Å². The summed E-state index contributed by atoms with van der Waals surface area (Å²) in [5.74, 6) is 0. The first-order valence-corrected chi connectivity index (χ1v) is 6.12. The van der Waals surface area contributed by atoms with Gasteiger partial charge >= 0.3 is 0 Å². The Morgan fingerprint density at radius 1 is 1.29 bits per heavy atom. The first-order valence-electron chi connectivity index (χ1n) is 5.00. The minimum atomic E-state index is 1.01. The molecule has 0 saturated carbocycles. The van der Waals surface area contributed by atoms with E-state index in [2.05, 4.69) is 57.8 Å². The van der Waals surface area contributed by atoms with Crippen molar-refractivity contribution in [2.45, 2.75) is 19.9 Å². The van der Waals surface area contributed by atoms with Gasteiger partial charge in [-0.15, -0.1) is 0 Å². The molecule has 0 atom stereocenters. The summed E-state index contributed by atoms with van der Waals surface area (Å²) in [6.45, 7) is 3.26. The molecule has 0 N–H and O–H groups in total. The Morgan fingerprint density at radius 3 is 2.79 bits per heavy atom. The fourth-order valence-corrected chi connectivity index (χ4v) is 2.26. The lowest BCUT2D eigenvalue weighted by Gasteiger charge is -2.06. The molecule has 1 aromatic heterocycles. The van der Waals surface area contributed by atoms with Gasteiger partial charge in [0.25, 0.3) is 0 Å². The smallest absolute Gasteiger partial charge is 0.0482 e. The Labute approximate surface area is 92.9 Å². The molecule has 0 aliphatic rings.